The van der Waals surface area contributed by atoms with Crippen molar-refractivity contribution in [2.75, 3.05) is 6.79 Å². The Morgan fingerprint density at radius 3 is 1.95 bits per heavy atom. The molecule has 0 saturated carbocycles. The van der Waals surface area contributed by atoms with E-state index in [2.05, 4.69) is 0 Å². The molecule has 106 valence electrons. The standard InChI is InChI=1S/C15H16O4S/c16-20(17,12-15-9-5-2-6-10-15)19-13-18-11-14-7-3-1-4-8-14/h1-10H,11-13H2. The maximum absolute atomic E-state index is 11.7. The van der Waals surface area contributed by atoms with Crippen molar-refractivity contribution >= 4 is 10.1 Å². The molecular formula is C15H16O4S. The van der Waals surface area contributed by atoms with Gasteiger partial charge in [-0.2, -0.15) is 8.42 Å². The van der Waals surface area contributed by atoms with Crippen LogP contribution < -0.4 is 0 Å². The van der Waals surface area contributed by atoms with E-state index >= 15 is 0 Å². The molecule has 0 atom stereocenters. The number of rotatable bonds is 7. The highest BCUT2D eigenvalue weighted by atomic mass is 32.2. The predicted molar refractivity (Wildman–Crippen MR) is 76.2 cm³/mol. The van der Waals surface area contributed by atoms with Gasteiger partial charge in [0.25, 0.3) is 10.1 Å². The zero-order valence-electron chi connectivity index (χ0n) is 10.9. The Morgan fingerprint density at radius 2 is 1.35 bits per heavy atom. The van der Waals surface area contributed by atoms with Crippen LogP contribution in [0.1, 0.15) is 11.1 Å². The molecule has 0 amide bonds. The summed E-state index contributed by atoms with van der Waals surface area (Å²) in [6, 6.07) is 18.4. The lowest BCUT2D eigenvalue weighted by molar-refractivity contribution is 0.00893. The lowest BCUT2D eigenvalue weighted by Gasteiger charge is -2.07. The Morgan fingerprint density at radius 1 is 0.800 bits per heavy atom. The van der Waals surface area contributed by atoms with E-state index in [9.17, 15) is 8.42 Å². The van der Waals surface area contributed by atoms with Crippen molar-refractivity contribution in [2.24, 2.45) is 0 Å². The topological polar surface area (TPSA) is 52.6 Å². The zero-order chi connectivity index (χ0) is 14.3. The minimum absolute atomic E-state index is 0.150. The van der Waals surface area contributed by atoms with Gasteiger partial charge in [0.2, 0.25) is 0 Å². The fourth-order valence-corrected chi connectivity index (χ4v) is 2.56. The molecule has 2 rings (SSSR count). The normalized spacial score (nSPS) is 11.4. The van der Waals surface area contributed by atoms with Crippen molar-refractivity contribution in [1.29, 1.82) is 0 Å². The number of hydrogen-bond acceptors (Lipinski definition) is 4. The first-order valence-corrected chi connectivity index (χ1v) is 7.76. The van der Waals surface area contributed by atoms with Crippen LogP contribution in [-0.4, -0.2) is 15.2 Å². The highest BCUT2D eigenvalue weighted by Crippen LogP contribution is 2.08. The van der Waals surface area contributed by atoms with E-state index in [0.717, 1.165) is 5.56 Å². The lowest BCUT2D eigenvalue weighted by Crippen LogP contribution is -2.11. The Hall–Kier alpha value is -1.69. The molecule has 2 aromatic rings. The van der Waals surface area contributed by atoms with Crippen LogP contribution >= 0.6 is 0 Å². The Kier molecular flexibility index (Phi) is 5.29. The molecule has 5 heteroatoms. The van der Waals surface area contributed by atoms with Crippen molar-refractivity contribution < 1.29 is 17.3 Å². The molecule has 0 fully saturated rings. The molecule has 0 radical (unpaired) electrons. The molecule has 20 heavy (non-hydrogen) atoms. The molecular weight excluding hydrogens is 276 g/mol. The first-order valence-electron chi connectivity index (χ1n) is 6.18. The van der Waals surface area contributed by atoms with Crippen LogP contribution in [0.25, 0.3) is 0 Å². The van der Waals surface area contributed by atoms with Gasteiger partial charge in [-0.25, -0.2) is 4.18 Å². The minimum Gasteiger partial charge on any atom is -0.349 e. The van der Waals surface area contributed by atoms with Crippen molar-refractivity contribution in [3.8, 4) is 0 Å². The van der Waals surface area contributed by atoms with Crippen LogP contribution in [0, 0.1) is 0 Å². The molecule has 0 spiro atoms. The Balaban J connectivity index is 1.76. The van der Waals surface area contributed by atoms with Gasteiger partial charge in [-0.3, -0.25) is 0 Å². The van der Waals surface area contributed by atoms with E-state index in [1.807, 2.05) is 36.4 Å². The summed E-state index contributed by atoms with van der Waals surface area (Å²) in [5.41, 5.74) is 1.66. The molecule has 0 aliphatic carbocycles. The van der Waals surface area contributed by atoms with Crippen LogP contribution in [0.4, 0.5) is 0 Å². The van der Waals surface area contributed by atoms with Crippen LogP contribution in [0.15, 0.2) is 60.7 Å². The van der Waals surface area contributed by atoms with Gasteiger partial charge in [0.1, 0.15) is 5.75 Å². The first-order chi connectivity index (χ1) is 9.66. The summed E-state index contributed by atoms with van der Waals surface area (Å²) in [7, 11) is -3.61. The van der Waals surface area contributed by atoms with Crippen LogP contribution in [-0.2, 0) is 31.4 Å². The van der Waals surface area contributed by atoms with Crippen molar-refractivity contribution in [3.63, 3.8) is 0 Å². The van der Waals surface area contributed by atoms with Gasteiger partial charge in [-0.15, -0.1) is 0 Å². The number of ether oxygens (including phenoxy) is 1. The molecule has 0 saturated heterocycles. The largest absolute Gasteiger partial charge is 0.349 e. The van der Waals surface area contributed by atoms with E-state index in [0.29, 0.717) is 12.2 Å². The van der Waals surface area contributed by atoms with Gasteiger partial charge in [0.15, 0.2) is 6.79 Å². The first kappa shape index (κ1) is 14.7. The third kappa shape index (κ3) is 5.13. The highest BCUT2D eigenvalue weighted by molar-refractivity contribution is 7.85. The molecule has 0 aliphatic heterocycles. The summed E-state index contributed by atoms with van der Waals surface area (Å²) in [5, 5.41) is 0. The van der Waals surface area contributed by atoms with E-state index in [4.69, 9.17) is 8.92 Å². The second kappa shape index (κ2) is 7.19. The Bertz CT molecular complexity index is 609. The maximum atomic E-state index is 11.7. The zero-order valence-corrected chi connectivity index (χ0v) is 11.8. The number of benzene rings is 2. The summed E-state index contributed by atoms with van der Waals surface area (Å²) in [6.07, 6.45) is 0. The smallest absolute Gasteiger partial charge is 0.273 e. The fraction of sp³-hybridized carbons (Fsp3) is 0.200. The van der Waals surface area contributed by atoms with E-state index < -0.39 is 10.1 Å². The van der Waals surface area contributed by atoms with Crippen LogP contribution in [0.5, 0.6) is 0 Å². The lowest BCUT2D eigenvalue weighted by atomic mass is 10.2. The second-order valence-corrected chi connectivity index (χ2v) is 5.90. The molecule has 0 aromatic heterocycles. The number of hydrogen-bond donors (Lipinski definition) is 0. The molecule has 2 aromatic carbocycles. The summed E-state index contributed by atoms with van der Waals surface area (Å²) >= 11 is 0. The molecule has 4 nitrogen and oxygen atoms in total. The van der Waals surface area contributed by atoms with Crippen molar-refractivity contribution in [1.82, 2.24) is 0 Å². The summed E-state index contributed by atoms with van der Waals surface area (Å²) < 4.78 is 33.4. The van der Waals surface area contributed by atoms with Crippen molar-refractivity contribution in [3.05, 3.63) is 71.8 Å². The van der Waals surface area contributed by atoms with E-state index in [1.165, 1.54) is 0 Å². The van der Waals surface area contributed by atoms with Gasteiger partial charge in [-0.05, 0) is 11.1 Å². The average Bonchev–Trinajstić information content (AvgIpc) is 2.45. The molecule has 0 unspecified atom stereocenters. The monoisotopic (exact) mass is 292 g/mol. The van der Waals surface area contributed by atoms with Gasteiger partial charge < -0.3 is 4.74 Å². The van der Waals surface area contributed by atoms with Gasteiger partial charge >= 0.3 is 0 Å². The quantitative estimate of drug-likeness (QED) is 0.447. The predicted octanol–water partition coefficient (Wildman–Crippen LogP) is 2.71. The minimum atomic E-state index is -3.61. The average molecular weight is 292 g/mol. The summed E-state index contributed by atoms with van der Waals surface area (Å²) in [4.78, 5) is 0. The van der Waals surface area contributed by atoms with Gasteiger partial charge in [0.05, 0.1) is 6.61 Å². The van der Waals surface area contributed by atoms with Gasteiger partial charge in [-0.1, -0.05) is 60.7 Å². The molecule has 0 heterocycles. The third-order valence-electron chi connectivity index (χ3n) is 2.61. The second-order valence-electron chi connectivity index (χ2n) is 4.26. The highest BCUT2D eigenvalue weighted by Gasteiger charge is 2.12. The fourth-order valence-electron chi connectivity index (χ4n) is 1.66. The summed E-state index contributed by atoms with van der Waals surface area (Å²) in [6.45, 7) is 0.0474. The van der Waals surface area contributed by atoms with E-state index in [1.54, 1.807) is 24.3 Å². The van der Waals surface area contributed by atoms with E-state index in [-0.39, 0.29) is 12.5 Å². The van der Waals surface area contributed by atoms with Crippen LogP contribution in [0.3, 0.4) is 0 Å². The maximum Gasteiger partial charge on any atom is 0.273 e. The summed E-state index contributed by atoms with van der Waals surface area (Å²) in [5.74, 6) is -0.150. The van der Waals surface area contributed by atoms with Crippen LogP contribution in [0.2, 0.25) is 0 Å². The third-order valence-corrected chi connectivity index (χ3v) is 3.75. The molecule has 0 bridgehead atoms. The van der Waals surface area contributed by atoms with Gasteiger partial charge in [0, 0.05) is 0 Å². The van der Waals surface area contributed by atoms with Crippen molar-refractivity contribution in [2.45, 2.75) is 12.4 Å². The SMILES string of the molecule is O=S(=O)(Cc1ccccc1)OCOCc1ccccc1. The Labute approximate surface area is 119 Å². The molecule has 0 aliphatic rings. The molecule has 0 N–H and O–H groups in total.